The minimum Gasteiger partial charge on any atom is -0.460 e. The van der Waals surface area contributed by atoms with Gasteiger partial charge >= 0.3 is 5.97 Å². The molecule has 2 aromatic rings. The van der Waals surface area contributed by atoms with Crippen molar-refractivity contribution in [3.63, 3.8) is 0 Å². The van der Waals surface area contributed by atoms with Crippen LogP contribution in [0.1, 0.15) is 45.6 Å². The van der Waals surface area contributed by atoms with E-state index in [4.69, 9.17) is 14.5 Å². The van der Waals surface area contributed by atoms with Crippen LogP contribution in [0, 0.1) is 0 Å². The van der Waals surface area contributed by atoms with Gasteiger partial charge < -0.3 is 19.5 Å². The highest BCUT2D eigenvalue weighted by atomic mass is 79.9. The van der Waals surface area contributed by atoms with Gasteiger partial charge in [-0.1, -0.05) is 22.0 Å². The number of nitrogens with zero attached hydrogens (tertiary/aromatic N) is 2. The Morgan fingerprint density at radius 3 is 2.86 bits per heavy atom. The van der Waals surface area contributed by atoms with Gasteiger partial charge in [-0.15, -0.1) is 0 Å². The van der Waals surface area contributed by atoms with E-state index < -0.39 is 5.60 Å². The summed E-state index contributed by atoms with van der Waals surface area (Å²) in [5.41, 5.74) is 1.26. The van der Waals surface area contributed by atoms with Crippen LogP contribution in [0.3, 0.4) is 0 Å². The highest BCUT2D eigenvalue weighted by molar-refractivity contribution is 9.10. The zero-order valence-corrected chi connectivity index (χ0v) is 18.9. The fourth-order valence-electron chi connectivity index (χ4n) is 3.61. The third-order valence-corrected chi connectivity index (χ3v) is 5.36. The molecule has 1 fully saturated rings. The lowest BCUT2D eigenvalue weighted by Gasteiger charge is -2.26. The number of aromatic nitrogens is 1. The molecule has 1 aliphatic rings. The number of aliphatic hydroxyl groups is 1. The van der Waals surface area contributed by atoms with Gasteiger partial charge in [-0.05, 0) is 57.4 Å². The van der Waals surface area contributed by atoms with Gasteiger partial charge in [0, 0.05) is 16.4 Å². The summed E-state index contributed by atoms with van der Waals surface area (Å²) in [5, 5.41) is 10.8. The molecule has 1 saturated heterocycles. The average Bonchev–Trinajstić information content (AvgIpc) is 3.11. The van der Waals surface area contributed by atoms with Crippen LogP contribution in [-0.2, 0) is 20.9 Å². The van der Waals surface area contributed by atoms with Crippen LogP contribution >= 0.6 is 15.9 Å². The minimum absolute atomic E-state index is 0.0292. The third-order valence-electron chi connectivity index (χ3n) is 4.87. The molecule has 7 heteroatoms. The molecule has 1 atom stereocenters. The first-order valence-electron chi connectivity index (χ1n) is 10.0. The van der Waals surface area contributed by atoms with Crippen molar-refractivity contribution in [3.8, 4) is 0 Å². The number of carbonyl (C=O) groups excluding carboxylic acids is 1. The van der Waals surface area contributed by atoms with E-state index in [1.807, 2.05) is 45.0 Å². The average molecular weight is 465 g/mol. The van der Waals surface area contributed by atoms with Crippen molar-refractivity contribution in [2.45, 2.75) is 58.3 Å². The zero-order valence-electron chi connectivity index (χ0n) is 17.3. The molecule has 1 aliphatic heterocycles. The molecular weight excluding hydrogens is 436 g/mol. The largest absolute Gasteiger partial charge is 0.460 e. The van der Waals surface area contributed by atoms with Crippen molar-refractivity contribution in [2.24, 2.45) is 0 Å². The Morgan fingerprint density at radius 1 is 1.34 bits per heavy atom. The summed E-state index contributed by atoms with van der Waals surface area (Å²) < 4.78 is 12.1. The molecule has 6 nitrogen and oxygen atoms in total. The quantitative estimate of drug-likeness (QED) is 0.488. The number of esters is 1. The summed E-state index contributed by atoms with van der Waals surface area (Å²) in [6, 6.07) is 8.08. The second kappa shape index (κ2) is 9.41. The number of halogens is 1. The lowest BCUT2D eigenvalue weighted by atomic mass is 10.1. The number of hydrogen-bond donors (Lipinski definition) is 1. The van der Waals surface area contributed by atoms with E-state index in [-0.39, 0.29) is 25.0 Å². The molecule has 2 heterocycles. The van der Waals surface area contributed by atoms with Crippen LogP contribution in [-0.4, -0.2) is 47.5 Å². The molecule has 29 heavy (non-hydrogen) atoms. The first-order chi connectivity index (χ1) is 13.8. The van der Waals surface area contributed by atoms with Gasteiger partial charge in [0.15, 0.2) is 0 Å². The molecule has 158 valence electrons. The number of rotatable bonds is 7. The Balaban J connectivity index is 1.64. The Labute approximate surface area is 180 Å². The third kappa shape index (κ3) is 5.90. The van der Waals surface area contributed by atoms with Gasteiger partial charge in [0.1, 0.15) is 11.4 Å². The smallest absolute Gasteiger partial charge is 0.308 e. The molecule has 1 N–H and O–H groups in total. The molecule has 0 saturated carbocycles. The fourth-order valence-corrected chi connectivity index (χ4v) is 3.96. The molecule has 3 rings (SSSR count). The molecule has 0 amide bonds. The molecule has 0 spiro atoms. The van der Waals surface area contributed by atoms with Crippen molar-refractivity contribution in [3.05, 3.63) is 34.3 Å². The van der Waals surface area contributed by atoms with E-state index in [9.17, 15) is 9.90 Å². The molecule has 0 aliphatic carbocycles. The monoisotopic (exact) mass is 464 g/mol. The Morgan fingerprint density at radius 2 is 2.14 bits per heavy atom. The van der Waals surface area contributed by atoms with Crippen molar-refractivity contribution in [1.82, 2.24) is 4.98 Å². The van der Waals surface area contributed by atoms with Crippen LogP contribution in [0.5, 0.6) is 0 Å². The number of anilines is 1. The molecule has 0 radical (unpaired) electrons. The van der Waals surface area contributed by atoms with E-state index in [0.717, 1.165) is 46.1 Å². The second-order valence-corrected chi connectivity index (χ2v) is 9.28. The lowest BCUT2D eigenvalue weighted by Crippen LogP contribution is -2.34. The maximum absolute atomic E-state index is 11.8. The second-order valence-electron chi connectivity index (χ2n) is 8.36. The maximum Gasteiger partial charge on any atom is 0.308 e. The number of aliphatic hydroxyl groups excluding tert-OH is 1. The fraction of sp³-hybridized carbons (Fsp3) is 0.545. The van der Waals surface area contributed by atoms with Crippen LogP contribution in [0.2, 0.25) is 0 Å². The summed E-state index contributed by atoms with van der Waals surface area (Å²) in [5.74, 6) is 0.619. The summed E-state index contributed by atoms with van der Waals surface area (Å²) in [7, 11) is 0. The van der Waals surface area contributed by atoms with E-state index >= 15 is 0 Å². The van der Waals surface area contributed by atoms with E-state index in [2.05, 4.69) is 20.8 Å². The highest BCUT2D eigenvalue weighted by Gasteiger charge is 2.27. The normalized spacial score (nSPS) is 17.1. The van der Waals surface area contributed by atoms with Crippen LogP contribution in [0.4, 0.5) is 5.82 Å². The first-order valence-corrected chi connectivity index (χ1v) is 10.8. The van der Waals surface area contributed by atoms with Gasteiger partial charge in [0.05, 0.1) is 37.8 Å². The Kier molecular flexibility index (Phi) is 7.14. The topological polar surface area (TPSA) is 71.9 Å². The van der Waals surface area contributed by atoms with Gasteiger partial charge in [0.25, 0.3) is 0 Å². The Hall–Kier alpha value is -1.70. The lowest BCUT2D eigenvalue weighted by molar-refractivity contribution is -0.156. The number of hydrogen-bond acceptors (Lipinski definition) is 6. The van der Waals surface area contributed by atoms with Crippen molar-refractivity contribution in [1.29, 1.82) is 0 Å². The number of carbonyl (C=O) groups is 1. The maximum atomic E-state index is 11.8. The molecular formula is C22H29BrN2O4. The number of ether oxygens (including phenoxy) is 2. The molecule has 1 aromatic heterocycles. The molecule has 1 aromatic carbocycles. The zero-order chi connectivity index (χ0) is 21.0. The van der Waals surface area contributed by atoms with Crippen molar-refractivity contribution < 1.29 is 19.4 Å². The SMILES string of the molecule is CC(C)(C)OC(=O)CCOC[C@@H]1CCCN1c1cc(CO)c2ccc(Br)cc2n1. The van der Waals surface area contributed by atoms with Crippen LogP contribution in [0.25, 0.3) is 10.9 Å². The minimum atomic E-state index is -0.472. The summed E-state index contributed by atoms with van der Waals surface area (Å²) in [6.45, 7) is 7.33. The van der Waals surface area contributed by atoms with Crippen molar-refractivity contribution in [2.75, 3.05) is 24.7 Å². The summed E-state index contributed by atoms with van der Waals surface area (Å²) >= 11 is 3.50. The van der Waals surface area contributed by atoms with Gasteiger partial charge in [0.2, 0.25) is 0 Å². The van der Waals surface area contributed by atoms with E-state index in [1.54, 1.807) is 0 Å². The van der Waals surface area contributed by atoms with Crippen molar-refractivity contribution >= 4 is 38.6 Å². The van der Waals surface area contributed by atoms with Gasteiger partial charge in [-0.3, -0.25) is 4.79 Å². The van der Waals surface area contributed by atoms with Crippen LogP contribution in [0.15, 0.2) is 28.7 Å². The first kappa shape index (κ1) is 22.0. The highest BCUT2D eigenvalue weighted by Crippen LogP contribution is 2.30. The van der Waals surface area contributed by atoms with Gasteiger partial charge in [-0.25, -0.2) is 4.98 Å². The van der Waals surface area contributed by atoms with E-state index in [1.165, 1.54) is 0 Å². The summed E-state index contributed by atoms with van der Waals surface area (Å²) in [4.78, 5) is 18.9. The number of benzene rings is 1. The number of fused-ring (bicyclic) bond motifs is 1. The van der Waals surface area contributed by atoms with E-state index in [0.29, 0.717) is 13.2 Å². The predicted octanol–water partition coefficient (Wildman–Crippen LogP) is 4.21. The Bertz CT molecular complexity index is 866. The van der Waals surface area contributed by atoms with Crippen LogP contribution < -0.4 is 4.90 Å². The predicted molar refractivity (Wildman–Crippen MR) is 117 cm³/mol. The number of pyridine rings is 1. The molecule has 0 bridgehead atoms. The standard InChI is InChI=1S/C22H29BrN2O4/c1-22(2,3)29-21(27)8-10-28-14-17-5-4-9-25(17)20-11-15(13-26)18-7-6-16(23)12-19(18)24-20/h6-7,11-12,17,26H,4-5,8-10,13-14H2,1-3H3/t17-/m0/s1. The molecule has 0 unspecified atom stereocenters. The van der Waals surface area contributed by atoms with Gasteiger partial charge in [-0.2, -0.15) is 0 Å². The summed E-state index contributed by atoms with van der Waals surface area (Å²) in [6.07, 6.45) is 2.33.